The van der Waals surface area contributed by atoms with Crippen LogP contribution < -0.4 is 14.8 Å². The molecule has 21 heavy (non-hydrogen) atoms. The Morgan fingerprint density at radius 2 is 1.81 bits per heavy atom. The van der Waals surface area contributed by atoms with Crippen LogP contribution in [0.3, 0.4) is 0 Å². The summed E-state index contributed by atoms with van der Waals surface area (Å²) in [6.07, 6.45) is 1.80. The van der Waals surface area contributed by atoms with Crippen molar-refractivity contribution in [1.29, 1.82) is 0 Å². The summed E-state index contributed by atoms with van der Waals surface area (Å²) < 4.78 is 16.4. The highest BCUT2D eigenvalue weighted by molar-refractivity contribution is 5.70. The van der Waals surface area contributed by atoms with Crippen LogP contribution in [0.5, 0.6) is 11.5 Å². The molecule has 0 radical (unpaired) electrons. The fourth-order valence-corrected chi connectivity index (χ4v) is 2.01. The number of ether oxygens (including phenoxy) is 2. The Balaban J connectivity index is 2.17. The predicted molar refractivity (Wildman–Crippen MR) is 79.7 cm³/mol. The van der Waals surface area contributed by atoms with Gasteiger partial charge in [-0.1, -0.05) is 13.0 Å². The SMILES string of the molecule is CCCNCCc1nnc(-c2c(OC)cccc2OC)o1. The molecule has 6 heteroatoms. The van der Waals surface area contributed by atoms with Crippen molar-refractivity contribution >= 4 is 0 Å². The maximum Gasteiger partial charge on any atom is 0.255 e. The third kappa shape index (κ3) is 3.72. The first-order chi connectivity index (χ1) is 10.3. The van der Waals surface area contributed by atoms with E-state index in [1.807, 2.05) is 18.2 Å². The lowest BCUT2D eigenvalue weighted by molar-refractivity contribution is 0.392. The Morgan fingerprint density at radius 1 is 1.10 bits per heavy atom. The van der Waals surface area contributed by atoms with E-state index < -0.39 is 0 Å². The average molecular weight is 291 g/mol. The Bertz CT molecular complexity index is 547. The van der Waals surface area contributed by atoms with E-state index in [-0.39, 0.29) is 0 Å². The lowest BCUT2D eigenvalue weighted by Gasteiger charge is -2.09. The molecule has 0 aliphatic heterocycles. The molecule has 1 heterocycles. The van der Waals surface area contributed by atoms with Crippen molar-refractivity contribution < 1.29 is 13.9 Å². The number of nitrogens with zero attached hydrogens (tertiary/aromatic N) is 2. The minimum atomic E-state index is 0.412. The van der Waals surface area contributed by atoms with Crippen molar-refractivity contribution in [2.45, 2.75) is 19.8 Å². The zero-order valence-electron chi connectivity index (χ0n) is 12.7. The molecule has 0 fully saturated rings. The second-order valence-corrected chi connectivity index (χ2v) is 4.54. The molecule has 0 aliphatic rings. The maximum atomic E-state index is 5.71. The maximum absolute atomic E-state index is 5.71. The minimum absolute atomic E-state index is 0.412. The minimum Gasteiger partial charge on any atom is -0.496 e. The lowest BCUT2D eigenvalue weighted by atomic mass is 10.2. The van der Waals surface area contributed by atoms with Gasteiger partial charge < -0.3 is 19.2 Å². The van der Waals surface area contributed by atoms with Crippen LogP contribution in [0.1, 0.15) is 19.2 Å². The topological polar surface area (TPSA) is 69.4 Å². The van der Waals surface area contributed by atoms with Gasteiger partial charge in [-0.15, -0.1) is 10.2 Å². The second-order valence-electron chi connectivity index (χ2n) is 4.54. The largest absolute Gasteiger partial charge is 0.496 e. The molecular weight excluding hydrogens is 270 g/mol. The summed E-state index contributed by atoms with van der Waals surface area (Å²) >= 11 is 0. The van der Waals surface area contributed by atoms with E-state index in [1.54, 1.807) is 14.2 Å². The van der Waals surface area contributed by atoms with Gasteiger partial charge in [0.25, 0.3) is 5.89 Å². The monoisotopic (exact) mass is 291 g/mol. The number of benzene rings is 1. The van der Waals surface area contributed by atoms with Crippen LogP contribution in [0.15, 0.2) is 22.6 Å². The molecule has 114 valence electrons. The van der Waals surface area contributed by atoms with Gasteiger partial charge in [-0.2, -0.15) is 0 Å². The Hall–Kier alpha value is -2.08. The van der Waals surface area contributed by atoms with E-state index in [0.717, 1.165) is 19.5 Å². The average Bonchev–Trinajstić information content (AvgIpc) is 2.99. The number of hydrogen-bond acceptors (Lipinski definition) is 6. The predicted octanol–water partition coefficient (Wildman–Crippen LogP) is 2.30. The molecule has 0 aliphatic carbocycles. The molecule has 0 saturated heterocycles. The molecule has 0 spiro atoms. The van der Waals surface area contributed by atoms with E-state index in [0.29, 0.717) is 35.3 Å². The van der Waals surface area contributed by atoms with Gasteiger partial charge >= 0.3 is 0 Å². The first-order valence-corrected chi connectivity index (χ1v) is 7.04. The first kappa shape index (κ1) is 15.3. The zero-order chi connectivity index (χ0) is 15.1. The molecule has 6 nitrogen and oxygen atoms in total. The van der Waals surface area contributed by atoms with Crippen LogP contribution in [0, 0.1) is 0 Å². The number of nitrogens with one attached hydrogen (secondary N) is 1. The molecular formula is C15H21N3O3. The first-order valence-electron chi connectivity index (χ1n) is 7.04. The number of hydrogen-bond donors (Lipinski definition) is 1. The fraction of sp³-hybridized carbons (Fsp3) is 0.467. The summed E-state index contributed by atoms with van der Waals surface area (Å²) in [5.74, 6) is 2.30. The van der Waals surface area contributed by atoms with Crippen LogP contribution in [0.4, 0.5) is 0 Å². The second kappa shape index (κ2) is 7.64. The van der Waals surface area contributed by atoms with Crippen LogP contribution in [0.25, 0.3) is 11.5 Å². The van der Waals surface area contributed by atoms with E-state index in [4.69, 9.17) is 13.9 Å². The molecule has 0 unspecified atom stereocenters. The van der Waals surface area contributed by atoms with E-state index in [9.17, 15) is 0 Å². The molecule has 0 amide bonds. The van der Waals surface area contributed by atoms with Crippen molar-refractivity contribution in [2.75, 3.05) is 27.3 Å². The Morgan fingerprint density at radius 3 is 2.43 bits per heavy atom. The fourth-order valence-electron chi connectivity index (χ4n) is 2.01. The normalized spacial score (nSPS) is 10.6. The smallest absolute Gasteiger partial charge is 0.255 e. The molecule has 1 aromatic carbocycles. The molecule has 0 bridgehead atoms. The van der Waals surface area contributed by atoms with Crippen LogP contribution in [0.2, 0.25) is 0 Å². The summed E-state index contributed by atoms with van der Waals surface area (Å²) in [6, 6.07) is 5.53. The summed E-state index contributed by atoms with van der Waals surface area (Å²) in [5.41, 5.74) is 0.683. The molecule has 0 saturated carbocycles. The van der Waals surface area contributed by atoms with Crippen molar-refractivity contribution in [2.24, 2.45) is 0 Å². The lowest BCUT2D eigenvalue weighted by Crippen LogP contribution is -2.17. The van der Waals surface area contributed by atoms with Gasteiger partial charge in [0.1, 0.15) is 17.1 Å². The van der Waals surface area contributed by atoms with Crippen molar-refractivity contribution in [3.8, 4) is 23.0 Å². The van der Waals surface area contributed by atoms with Gasteiger partial charge in [-0.3, -0.25) is 0 Å². The quantitative estimate of drug-likeness (QED) is 0.753. The molecule has 1 aromatic heterocycles. The highest BCUT2D eigenvalue weighted by atomic mass is 16.5. The van der Waals surface area contributed by atoms with Gasteiger partial charge in [-0.05, 0) is 25.1 Å². The van der Waals surface area contributed by atoms with E-state index in [1.165, 1.54) is 0 Å². The van der Waals surface area contributed by atoms with Gasteiger partial charge in [-0.25, -0.2) is 0 Å². The van der Waals surface area contributed by atoms with Crippen molar-refractivity contribution in [3.63, 3.8) is 0 Å². The van der Waals surface area contributed by atoms with Crippen molar-refractivity contribution in [3.05, 3.63) is 24.1 Å². The van der Waals surface area contributed by atoms with Crippen LogP contribution in [-0.4, -0.2) is 37.5 Å². The Kier molecular flexibility index (Phi) is 5.57. The summed E-state index contributed by atoms with van der Waals surface area (Å²) in [6.45, 7) is 3.94. The summed E-state index contributed by atoms with van der Waals surface area (Å²) in [7, 11) is 3.20. The zero-order valence-corrected chi connectivity index (χ0v) is 12.7. The molecule has 2 aromatic rings. The molecule has 2 rings (SSSR count). The van der Waals surface area contributed by atoms with Gasteiger partial charge in [0.2, 0.25) is 5.89 Å². The highest BCUT2D eigenvalue weighted by Gasteiger charge is 2.18. The molecule has 1 N–H and O–H groups in total. The van der Waals surface area contributed by atoms with Crippen molar-refractivity contribution in [1.82, 2.24) is 15.5 Å². The number of methoxy groups -OCH3 is 2. The standard InChI is InChI=1S/C15H21N3O3/c1-4-9-16-10-8-13-17-18-15(21-13)14-11(19-2)6-5-7-12(14)20-3/h5-7,16H,4,8-10H2,1-3H3. The van der Waals surface area contributed by atoms with Crippen LogP contribution in [-0.2, 0) is 6.42 Å². The third-order valence-corrected chi connectivity index (χ3v) is 3.05. The highest BCUT2D eigenvalue weighted by Crippen LogP contribution is 2.37. The van der Waals surface area contributed by atoms with E-state index >= 15 is 0 Å². The third-order valence-electron chi connectivity index (χ3n) is 3.05. The molecule has 0 atom stereocenters. The van der Waals surface area contributed by atoms with Gasteiger partial charge in [0.05, 0.1) is 14.2 Å². The van der Waals surface area contributed by atoms with Gasteiger partial charge in [0.15, 0.2) is 0 Å². The number of rotatable bonds is 8. The van der Waals surface area contributed by atoms with Gasteiger partial charge in [0, 0.05) is 13.0 Å². The summed E-state index contributed by atoms with van der Waals surface area (Å²) in [4.78, 5) is 0. The summed E-state index contributed by atoms with van der Waals surface area (Å²) in [5, 5.41) is 11.5. The van der Waals surface area contributed by atoms with Crippen LogP contribution >= 0.6 is 0 Å². The number of aromatic nitrogens is 2. The Labute approximate surface area is 124 Å². The van der Waals surface area contributed by atoms with E-state index in [2.05, 4.69) is 22.4 Å².